The molecule has 1 unspecified atom stereocenters. The molecular weight excluding hydrogens is 495 g/mol. The van der Waals surface area contributed by atoms with Crippen molar-refractivity contribution in [3.05, 3.63) is 71.4 Å². The van der Waals surface area contributed by atoms with Crippen molar-refractivity contribution in [1.82, 2.24) is 4.90 Å². The largest absolute Gasteiger partial charge is 0.497 e. The summed E-state index contributed by atoms with van der Waals surface area (Å²) in [4.78, 5) is 14.2. The van der Waals surface area contributed by atoms with Crippen LogP contribution in [-0.2, 0) is 17.3 Å². The first kappa shape index (κ1) is 28.9. The van der Waals surface area contributed by atoms with E-state index >= 15 is 0 Å². The summed E-state index contributed by atoms with van der Waals surface area (Å²) in [6.07, 6.45) is -3.04. The maximum Gasteiger partial charge on any atom is 0.417 e. The number of carbonyl (C=O) groups is 1. The molecule has 1 aliphatic heterocycles. The number of anilines is 1. The summed E-state index contributed by atoms with van der Waals surface area (Å²) in [6.45, 7) is 10.7. The molecule has 2 aromatic rings. The van der Waals surface area contributed by atoms with Gasteiger partial charge in [0.05, 0.1) is 24.3 Å². The number of hydrogen-bond donors (Lipinski definition) is 1. The van der Waals surface area contributed by atoms with Crippen molar-refractivity contribution in [3.8, 4) is 11.8 Å². The molecule has 1 atom stereocenters. The van der Waals surface area contributed by atoms with Crippen molar-refractivity contribution in [2.75, 3.05) is 25.5 Å². The van der Waals surface area contributed by atoms with E-state index in [-0.39, 0.29) is 23.6 Å². The monoisotopic (exact) mass is 529 g/mol. The first-order valence-electron chi connectivity index (χ1n) is 12.5. The molecule has 2 aromatic carbocycles. The molecule has 204 valence electrons. The molecule has 0 bridgehead atoms. The number of piperidine rings is 1. The lowest BCUT2D eigenvalue weighted by molar-refractivity contribution is -0.137. The van der Waals surface area contributed by atoms with Crippen LogP contribution in [0.15, 0.2) is 54.7 Å². The topological polar surface area (TPSA) is 74.6 Å². The highest BCUT2D eigenvalue weighted by atomic mass is 19.4. The number of methoxy groups -OCH3 is 1. The van der Waals surface area contributed by atoms with Gasteiger partial charge in [0, 0.05) is 30.4 Å². The molecule has 0 saturated carbocycles. The van der Waals surface area contributed by atoms with Crippen LogP contribution in [0.2, 0.25) is 0 Å². The van der Waals surface area contributed by atoms with Crippen molar-refractivity contribution in [2.45, 2.75) is 51.8 Å². The molecule has 0 radical (unpaired) electrons. The highest BCUT2D eigenvalue weighted by Crippen LogP contribution is 2.36. The first-order chi connectivity index (χ1) is 17.8. The van der Waals surface area contributed by atoms with Crippen LogP contribution in [0.5, 0.6) is 5.75 Å². The molecule has 9 heteroatoms. The van der Waals surface area contributed by atoms with Crippen LogP contribution >= 0.6 is 0 Å². The number of amides is 1. The van der Waals surface area contributed by atoms with E-state index in [1.807, 2.05) is 45.0 Å². The summed E-state index contributed by atoms with van der Waals surface area (Å²) in [7, 11) is 1.59. The third-order valence-electron chi connectivity index (χ3n) is 6.55. The third-order valence-corrected chi connectivity index (χ3v) is 6.55. The Morgan fingerprint density at radius 1 is 1.18 bits per heavy atom. The van der Waals surface area contributed by atoms with E-state index in [4.69, 9.17) is 14.7 Å². The highest BCUT2D eigenvalue weighted by Gasteiger charge is 2.35. The summed E-state index contributed by atoms with van der Waals surface area (Å²) < 4.78 is 51.4. The number of halogens is 3. The Kier molecular flexibility index (Phi) is 8.97. The van der Waals surface area contributed by atoms with Gasteiger partial charge in [-0.15, -0.1) is 0 Å². The number of alkyl halides is 3. The predicted octanol–water partition coefficient (Wildman–Crippen LogP) is 7.02. The smallest absolute Gasteiger partial charge is 0.417 e. The molecule has 1 saturated heterocycles. The van der Waals surface area contributed by atoms with Gasteiger partial charge in [0.15, 0.2) is 0 Å². The zero-order chi connectivity index (χ0) is 28.1. The van der Waals surface area contributed by atoms with Gasteiger partial charge in [0.2, 0.25) is 0 Å². The third kappa shape index (κ3) is 7.67. The maximum absolute atomic E-state index is 13.5. The predicted molar refractivity (Wildman–Crippen MR) is 140 cm³/mol. The van der Waals surface area contributed by atoms with Gasteiger partial charge in [-0.05, 0) is 81.8 Å². The number of likely N-dealkylation sites (tertiary alicyclic amines) is 1. The van der Waals surface area contributed by atoms with Gasteiger partial charge >= 0.3 is 12.3 Å². The molecule has 38 heavy (non-hydrogen) atoms. The summed E-state index contributed by atoms with van der Waals surface area (Å²) in [5.74, 6) is 0.703. The lowest BCUT2D eigenvalue weighted by Crippen LogP contribution is -2.43. The molecule has 0 aromatic heterocycles. The number of allylic oxidation sites excluding steroid dienone is 1. The van der Waals surface area contributed by atoms with Gasteiger partial charge < -0.3 is 19.7 Å². The normalized spacial score (nSPS) is 15.4. The van der Waals surface area contributed by atoms with Gasteiger partial charge in [-0.2, -0.15) is 18.4 Å². The minimum atomic E-state index is -4.65. The Labute approximate surface area is 222 Å². The average Bonchev–Trinajstić information content (AvgIpc) is 2.86. The number of benzene rings is 2. The number of nitrogens with one attached hydrogen (secondary N) is 1. The zero-order valence-corrected chi connectivity index (χ0v) is 22.2. The Bertz CT molecular complexity index is 1190. The van der Waals surface area contributed by atoms with E-state index in [2.05, 4.69) is 11.9 Å². The van der Waals surface area contributed by atoms with Crippen LogP contribution in [0, 0.1) is 23.2 Å². The van der Waals surface area contributed by atoms with E-state index in [9.17, 15) is 18.0 Å². The fraction of sp³-hybridized carbons (Fsp3) is 0.448. The molecule has 3 rings (SSSR count). The molecule has 1 heterocycles. The lowest BCUT2D eigenvalue weighted by atomic mass is 9.79. The highest BCUT2D eigenvalue weighted by molar-refractivity contribution is 5.68. The number of carbonyl (C=O) groups excluding carboxylic acids is 1. The summed E-state index contributed by atoms with van der Waals surface area (Å²) in [5, 5.41) is 12.2. The second-order valence-electron chi connectivity index (χ2n) is 10.5. The van der Waals surface area contributed by atoms with Gasteiger partial charge in [0.25, 0.3) is 0 Å². The van der Waals surface area contributed by atoms with Crippen molar-refractivity contribution in [2.24, 2.45) is 11.8 Å². The van der Waals surface area contributed by atoms with E-state index < -0.39 is 22.9 Å². The van der Waals surface area contributed by atoms with Gasteiger partial charge in [0.1, 0.15) is 11.4 Å². The van der Waals surface area contributed by atoms with Crippen LogP contribution in [-0.4, -0.2) is 36.8 Å². The minimum Gasteiger partial charge on any atom is -0.497 e. The van der Waals surface area contributed by atoms with Crippen molar-refractivity contribution < 1.29 is 27.4 Å². The fourth-order valence-electron chi connectivity index (χ4n) is 4.67. The number of hydrogen-bond acceptors (Lipinski definition) is 5. The average molecular weight is 530 g/mol. The first-order valence-corrected chi connectivity index (χ1v) is 12.5. The van der Waals surface area contributed by atoms with Crippen molar-refractivity contribution in [1.29, 1.82) is 5.26 Å². The van der Waals surface area contributed by atoms with E-state index in [0.717, 1.165) is 17.7 Å². The number of nitriles is 1. The Morgan fingerprint density at radius 2 is 1.87 bits per heavy atom. The quantitative estimate of drug-likeness (QED) is 0.417. The number of ether oxygens (including phenoxy) is 2. The van der Waals surface area contributed by atoms with Crippen LogP contribution in [0.1, 0.15) is 50.3 Å². The zero-order valence-electron chi connectivity index (χ0n) is 22.2. The molecule has 0 aliphatic carbocycles. The summed E-state index contributed by atoms with van der Waals surface area (Å²) >= 11 is 0. The van der Waals surface area contributed by atoms with Crippen molar-refractivity contribution in [3.63, 3.8) is 0 Å². The number of nitrogens with zero attached hydrogens (tertiary/aromatic N) is 2. The second-order valence-corrected chi connectivity index (χ2v) is 10.5. The van der Waals surface area contributed by atoms with Crippen LogP contribution in [0.4, 0.5) is 23.7 Å². The molecular formula is C29H34F3N3O3. The molecule has 1 N–H and O–H groups in total. The van der Waals surface area contributed by atoms with Crippen LogP contribution < -0.4 is 10.1 Å². The molecule has 1 amide bonds. The lowest BCUT2D eigenvalue weighted by Gasteiger charge is -2.37. The van der Waals surface area contributed by atoms with Gasteiger partial charge in [-0.1, -0.05) is 18.7 Å². The molecule has 0 spiro atoms. The van der Waals surface area contributed by atoms with Crippen molar-refractivity contribution >= 4 is 11.8 Å². The second kappa shape index (κ2) is 11.8. The minimum absolute atomic E-state index is 0.125. The number of rotatable bonds is 7. The summed E-state index contributed by atoms with van der Waals surface area (Å²) in [6, 6.07) is 12.8. The van der Waals surface area contributed by atoms with E-state index in [0.29, 0.717) is 43.8 Å². The van der Waals surface area contributed by atoms with Crippen LogP contribution in [0.25, 0.3) is 0 Å². The van der Waals surface area contributed by atoms with Gasteiger partial charge in [-0.3, -0.25) is 0 Å². The Balaban J connectivity index is 1.82. The molecule has 6 nitrogen and oxygen atoms in total. The Morgan fingerprint density at radius 3 is 2.45 bits per heavy atom. The molecule has 1 aliphatic rings. The van der Waals surface area contributed by atoms with E-state index in [1.54, 1.807) is 18.1 Å². The maximum atomic E-state index is 13.5. The van der Waals surface area contributed by atoms with Gasteiger partial charge in [-0.25, -0.2) is 4.79 Å². The standard InChI is InChI=1S/C29H34F3N3O3/c1-19(34-23-10-9-22(18-33)26(17-23)29(30,31)32)25(16-20-7-6-8-24(15-20)37-5)21-11-13-35(14-12-21)27(36)38-28(2,3)4/h6-10,15,17,21,25,34H,1,11-14,16H2,2-5H3. The SMILES string of the molecule is C=C(Nc1ccc(C#N)c(C(F)(F)F)c1)C(Cc1cccc(OC)c1)C1CCN(C(=O)OC(C)(C)C)CC1. The van der Waals surface area contributed by atoms with E-state index in [1.165, 1.54) is 6.07 Å². The molecule has 1 fully saturated rings. The fourth-order valence-corrected chi connectivity index (χ4v) is 4.67. The van der Waals surface area contributed by atoms with Crippen LogP contribution in [0.3, 0.4) is 0 Å². The summed E-state index contributed by atoms with van der Waals surface area (Å²) in [5.41, 5.74) is -0.228. The Hall–Kier alpha value is -3.67.